The second-order valence-corrected chi connectivity index (χ2v) is 10.3. The number of hydrogen-bond donors (Lipinski definition) is 0. The third kappa shape index (κ3) is 4.42. The zero-order chi connectivity index (χ0) is 20.5. The van der Waals surface area contributed by atoms with E-state index in [1.807, 2.05) is 30.9 Å². The van der Waals surface area contributed by atoms with Gasteiger partial charge in [0.2, 0.25) is 15.9 Å². The molecule has 0 radical (unpaired) electrons. The van der Waals surface area contributed by atoms with Gasteiger partial charge in [0.05, 0.1) is 11.4 Å². The maximum absolute atomic E-state index is 13.0. The van der Waals surface area contributed by atoms with Crippen LogP contribution in [0.3, 0.4) is 0 Å². The molecule has 0 saturated carbocycles. The van der Waals surface area contributed by atoms with E-state index in [4.69, 9.17) is 0 Å². The highest BCUT2D eigenvalue weighted by Gasteiger charge is 2.33. The molecule has 0 N–H and O–H groups in total. The molecule has 2 heterocycles. The Morgan fingerprint density at radius 2 is 1.64 bits per heavy atom. The number of aryl methyl sites for hydroxylation is 2. The van der Waals surface area contributed by atoms with Crippen molar-refractivity contribution in [3.8, 4) is 0 Å². The largest absolute Gasteiger partial charge is 0.336 e. The highest BCUT2D eigenvalue weighted by molar-refractivity contribution is 7.89. The number of amides is 1. The van der Waals surface area contributed by atoms with Crippen molar-refractivity contribution in [3.05, 3.63) is 29.3 Å². The molecule has 0 spiro atoms. The molecule has 2 saturated heterocycles. The number of piperazine rings is 1. The second kappa shape index (κ2) is 8.51. The molecule has 2 atom stereocenters. The Hall–Kier alpha value is -1.44. The zero-order valence-corrected chi connectivity index (χ0v) is 18.3. The molecule has 0 aromatic heterocycles. The van der Waals surface area contributed by atoms with Gasteiger partial charge in [-0.05, 0) is 58.6 Å². The van der Waals surface area contributed by atoms with Gasteiger partial charge >= 0.3 is 0 Å². The maximum Gasteiger partial charge on any atom is 0.243 e. The van der Waals surface area contributed by atoms with Gasteiger partial charge in [0, 0.05) is 38.3 Å². The predicted molar refractivity (Wildman–Crippen MR) is 111 cm³/mol. The molecule has 2 fully saturated rings. The molecular formula is C21H33N3O3S. The third-order valence-corrected chi connectivity index (χ3v) is 8.18. The summed E-state index contributed by atoms with van der Waals surface area (Å²) in [6.07, 6.45) is 3.32. The van der Waals surface area contributed by atoms with Crippen molar-refractivity contribution in [2.24, 2.45) is 0 Å². The molecule has 7 heteroatoms. The minimum Gasteiger partial charge on any atom is -0.336 e. The lowest BCUT2D eigenvalue weighted by molar-refractivity contribution is -0.138. The first-order valence-corrected chi connectivity index (χ1v) is 11.7. The first-order chi connectivity index (χ1) is 13.2. The fourth-order valence-electron chi connectivity index (χ4n) is 4.54. The molecule has 2 aliphatic heterocycles. The van der Waals surface area contributed by atoms with Crippen LogP contribution in [0.4, 0.5) is 0 Å². The average molecular weight is 408 g/mol. The van der Waals surface area contributed by atoms with Crippen LogP contribution in [-0.2, 0) is 14.8 Å². The quantitative estimate of drug-likeness (QED) is 0.769. The smallest absolute Gasteiger partial charge is 0.243 e. The number of carbonyl (C=O) groups excluding carboxylic acids is 1. The molecule has 1 aromatic carbocycles. The van der Waals surface area contributed by atoms with Gasteiger partial charge in [-0.2, -0.15) is 4.31 Å². The van der Waals surface area contributed by atoms with Crippen molar-refractivity contribution in [3.63, 3.8) is 0 Å². The van der Waals surface area contributed by atoms with E-state index in [0.717, 1.165) is 24.0 Å². The van der Waals surface area contributed by atoms with Gasteiger partial charge in [0.1, 0.15) is 0 Å². The molecular weight excluding hydrogens is 374 g/mol. The molecule has 0 bridgehead atoms. The van der Waals surface area contributed by atoms with E-state index in [0.29, 0.717) is 49.7 Å². The van der Waals surface area contributed by atoms with E-state index in [2.05, 4.69) is 18.7 Å². The number of likely N-dealkylation sites (tertiary alicyclic amines) is 1. The van der Waals surface area contributed by atoms with Crippen molar-refractivity contribution in [2.75, 3.05) is 32.7 Å². The fourth-order valence-corrected chi connectivity index (χ4v) is 6.17. The van der Waals surface area contributed by atoms with Crippen molar-refractivity contribution < 1.29 is 13.2 Å². The van der Waals surface area contributed by atoms with Crippen LogP contribution in [0.2, 0.25) is 0 Å². The Bertz CT molecular complexity index is 806. The lowest BCUT2D eigenvalue weighted by atomic mass is 9.97. The highest BCUT2D eigenvalue weighted by atomic mass is 32.2. The van der Waals surface area contributed by atoms with Gasteiger partial charge in [0.15, 0.2) is 0 Å². The molecule has 6 nitrogen and oxygen atoms in total. The lowest BCUT2D eigenvalue weighted by Gasteiger charge is -2.41. The first kappa shape index (κ1) is 21.3. The number of piperidine rings is 1. The monoisotopic (exact) mass is 407 g/mol. The van der Waals surface area contributed by atoms with Gasteiger partial charge in [-0.3, -0.25) is 9.69 Å². The van der Waals surface area contributed by atoms with E-state index >= 15 is 0 Å². The molecule has 2 aliphatic rings. The number of benzene rings is 1. The van der Waals surface area contributed by atoms with Crippen molar-refractivity contribution in [2.45, 2.75) is 63.9 Å². The summed E-state index contributed by atoms with van der Waals surface area (Å²) in [4.78, 5) is 17.3. The number of hydrogen-bond acceptors (Lipinski definition) is 4. The van der Waals surface area contributed by atoms with Crippen molar-refractivity contribution >= 4 is 15.9 Å². The van der Waals surface area contributed by atoms with Crippen LogP contribution >= 0.6 is 0 Å². The molecule has 2 unspecified atom stereocenters. The molecule has 1 amide bonds. The lowest BCUT2D eigenvalue weighted by Crippen LogP contribution is -2.54. The summed E-state index contributed by atoms with van der Waals surface area (Å²) in [5, 5.41) is 0. The van der Waals surface area contributed by atoms with Crippen molar-refractivity contribution in [1.82, 2.24) is 14.1 Å². The Kier molecular flexibility index (Phi) is 6.47. The van der Waals surface area contributed by atoms with Crippen molar-refractivity contribution in [1.29, 1.82) is 0 Å². The number of nitrogens with zero attached hydrogens (tertiary/aromatic N) is 3. The van der Waals surface area contributed by atoms with E-state index < -0.39 is 10.0 Å². The SMILES string of the molecule is Cc1ccc(S(=O)(=O)N2CCN(CC(=O)N3C(C)CCCC3C)CC2)c(C)c1. The standard InChI is InChI=1S/C21H33N3O3S/c1-16-8-9-20(17(2)14-16)28(26,27)23-12-10-22(11-13-23)15-21(25)24-18(3)6-5-7-19(24)4/h8-9,14,18-19H,5-7,10-13,15H2,1-4H3. The van der Waals surface area contributed by atoms with Crippen LogP contribution in [0, 0.1) is 13.8 Å². The predicted octanol–water partition coefficient (Wildman–Crippen LogP) is 2.40. The Morgan fingerprint density at radius 1 is 1.04 bits per heavy atom. The van der Waals surface area contributed by atoms with Gasteiger partial charge in [-0.25, -0.2) is 8.42 Å². The first-order valence-electron chi connectivity index (χ1n) is 10.3. The molecule has 28 heavy (non-hydrogen) atoms. The van der Waals surface area contributed by atoms with E-state index in [9.17, 15) is 13.2 Å². The van der Waals surface area contributed by atoms with Crippen LogP contribution in [0.25, 0.3) is 0 Å². The number of sulfonamides is 1. The zero-order valence-electron chi connectivity index (χ0n) is 17.5. The van der Waals surface area contributed by atoms with E-state index in [1.165, 1.54) is 6.42 Å². The third-order valence-electron chi connectivity index (χ3n) is 6.12. The number of carbonyl (C=O) groups is 1. The minimum absolute atomic E-state index is 0.172. The molecule has 3 rings (SSSR count). The number of rotatable bonds is 4. The summed E-state index contributed by atoms with van der Waals surface area (Å²) < 4.78 is 27.6. The topological polar surface area (TPSA) is 60.9 Å². The summed E-state index contributed by atoms with van der Waals surface area (Å²) in [7, 11) is -3.49. The molecule has 1 aromatic rings. The van der Waals surface area contributed by atoms with Crippen LogP contribution in [0.15, 0.2) is 23.1 Å². The average Bonchev–Trinajstić information content (AvgIpc) is 2.61. The summed E-state index contributed by atoms with van der Waals surface area (Å²) >= 11 is 0. The van der Waals surface area contributed by atoms with Crippen LogP contribution in [0.1, 0.15) is 44.2 Å². The van der Waals surface area contributed by atoms with E-state index in [-0.39, 0.29) is 5.91 Å². The normalized spacial score (nSPS) is 25.1. The maximum atomic E-state index is 13.0. The van der Waals surface area contributed by atoms with Crippen LogP contribution in [-0.4, -0.2) is 73.2 Å². The van der Waals surface area contributed by atoms with Crippen LogP contribution in [0.5, 0.6) is 0 Å². The highest BCUT2D eigenvalue weighted by Crippen LogP contribution is 2.24. The summed E-state index contributed by atoms with van der Waals surface area (Å²) in [5.41, 5.74) is 1.84. The summed E-state index contributed by atoms with van der Waals surface area (Å²) in [5.74, 6) is 0.172. The minimum atomic E-state index is -3.49. The Balaban J connectivity index is 1.60. The molecule has 0 aliphatic carbocycles. The fraction of sp³-hybridized carbons (Fsp3) is 0.667. The van der Waals surface area contributed by atoms with Crippen LogP contribution < -0.4 is 0 Å². The van der Waals surface area contributed by atoms with Gasteiger partial charge < -0.3 is 4.90 Å². The summed E-state index contributed by atoms with van der Waals surface area (Å²) in [6.45, 7) is 10.5. The van der Waals surface area contributed by atoms with Gasteiger partial charge in [-0.15, -0.1) is 0 Å². The Morgan fingerprint density at radius 3 is 2.21 bits per heavy atom. The van der Waals surface area contributed by atoms with Gasteiger partial charge in [0.25, 0.3) is 0 Å². The van der Waals surface area contributed by atoms with Gasteiger partial charge in [-0.1, -0.05) is 17.7 Å². The summed E-state index contributed by atoms with van der Waals surface area (Å²) in [6, 6.07) is 6.04. The second-order valence-electron chi connectivity index (χ2n) is 8.38. The molecule has 156 valence electrons. The Labute approximate surface area is 169 Å². The van der Waals surface area contributed by atoms with E-state index in [1.54, 1.807) is 10.4 Å².